The molecule has 0 fully saturated rings. The average molecular weight is 545 g/mol. The molecule has 6 N–H and O–H groups in total. The number of benzene rings is 3. The quantitative estimate of drug-likeness (QED) is 0.147. The van der Waals surface area contributed by atoms with Crippen molar-refractivity contribution >= 4 is 41.0 Å². The maximum atomic E-state index is 12.2. The summed E-state index contributed by atoms with van der Waals surface area (Å²) in [5.41, 5.74) is 15.3. The molecule has 0 spiro atoms. The summed E-state index contributed by atoms with van der Waals surface area (Å²) in [4.78, 5) is 39.8. The van der Waals surface area contributed by atoms with Crippen molar-refractivity contribution in [1.82, 2.24) is 14.9 Å². The molecule has 208 valence electrons. The van der Waals surface area contributed by atoms with E-state index in [1.807, 2.05) is 59.2 Å². The number of carbonyl (C=O) groups excluding carboxylic acids is 3. The van der Waals surface area contributed by atoms with E-state index < -0.39 is 18.0 Å². The first-order valence-electron chi connectivity index (χ1n) is 12.8. The van der Waals surface area contributed by atoms with Crippen molar-refractivity contribution in [2.75, 3.05) is 19.0 Å². The zero-order chi connectivity index (χ0) is 28.5. The number of methoxy groups -OCH3 is 1. The molecule has 0 saturated heterocycles. The summed E-state index contributed by atoms with van der Waals surface area (Å²) in [6.07, 6.45) is 1.16. The molecule has 1 aromatic heterocycles. The second-order valence-electron chi connectivity index (χ2n) is 9.17. The van der Waals surface area contributed by atoms with Crippen LogP contribution in [0.1, 0.15) is 27.9 Å². The highest BCUT2D eigenvalue weighted by Crippen LogP contribution is 2.32. The lowest BCUT2D eigenvalue weighted by Gasteiger charge is -2.14. The average Bonchev–Trinajstić information content (AvgIpc) is 3.30. The molecule has 0 unspecified atom stereocenters. The first kappa shape index (κ1) is 28.1. The molecule has 4 aromatic rings. The zero-order valence-corrected chi connectivity index (χ0v) is 22.1. The summed E-state index contributed by atoms with van der Waals surface area (Å²) >= 11 is 0. The van der Waals surface area contributed by atoms with E-state index in [4.69, 9.17) is 25.9 Å². The maximum absolute atomic E-state index is 12.2. The van der Waals surface area contributed by atoms with E-state index in [9.17, 15) is 14.4 Å². The molecular formula is C29H32N6O5. The largest absolute Gasteiger partial charge is 0.494 e. The van der Waals surface area contributed by atoms with Crippen molar-refractivity contribution < 1.29 is 23.9 Å². The number of hydrogen-bond donors (Lipinski definition) is 4. The van der Waals surface area contributed by atoms with Crippen LogP contribution < -0.4 is 26.8 Å². The Morgan fingerprint density at radius 3 is 2.58 bits per heavy atom. The monoisotopic (exact) mass is 544 g/mol. The van der Waals surface area contributed by atoms with Crippen LogP contribution in [0.4, 0.5) is 16.4 Å². The summed E-state index contributed by atoms with van der Waals surface area (Å²) < 4.78 is 12.8. The summed E-state index contributed by atoms with van der Waals surface area (Å²) in [5.74, 6) is 0.341. The number of carbonyl (C=O) groups is 3. The van der Waals surface area contributed by atoms with Crippen molar-refractivity contribution in [2.45, 2.75) is 32.0 Å². The first-order valence-corrected chi connectivity index (χ1v) is 12.8. The van der Waals surface area contributed by atoms with Crippen LogP contribution in [-0.2, 0) is 29.1 Å². The lowest BCUT2D eigenvalue weighted by Crippen LogP contribution is -2.26. The molecule has 0 aliphatic heterocycles. The van der Waals surface area contributed by atoms with Crippen LogP contribution in [0, 0.1) is 0 Å². The van der Waals surface area contributed by atoms with E-state index >= 15 is 0 Å². The Labute approximate surface area is 231 Å². The highest BCUT2D eigenvalue weighted by molar-refractivity contribution is 5.99. The minimum absolute atomic E-state index is 0.184. The Kier molecular flexibility index (Phi) is 9.31. The van der Waals surface area contributed by atoms with Crippen LogP contribution in [-0.4, -0.2) is 47.5 Å². The third kappa shape index (κ3) is 7.14. The fraction of sp³-hybridized carbons (Fsp3) is 0.241. The maximum Gasteiger partial charge on any atom is 0.407 e. The predicted molar refractivity (Wildman–Crippen MR) is 152 cm³/mol. The summed E-state index contributed by atoms with van der Waals surface area (Å²) in [5, 5.41) is 6.09. The van der Waals surface area contributed by atoms with Gasteiger partial charge in [0.2, 0.25) is 11.9 Å². The predicted octanol–water partition coefficient (Wildman–Crippen LogP) is 3.27. The fourth-order valence-electron chi connectivity index (χ4n) is 4.27. The number of nitrogens with one attached hydrogen (secondary N) is 2. The van der Waals surface area contributed by atoms with Crippen LogP contribution in [0.15, 0.2) is 66.7 Å². The minimum atomic E-state index is -0.596. The number of hydrogen-bond acceptors (Lipinski definition) is 8. The van der Waals surface area contributed by atoms with Gasteiger partial charge in [-0.2, -0.15) is 0 Å². The Hall–Kier alpha value is -4.90. The van der Waals surface area contributed by atoms with Gasteiger partial charge >= 0.3 is 6.09 Å². The lowest BCUT2D eigenvalue weighted by atomic mass is 10.1. The molecule has 4 rings (SSSR count). The van der Waals surface area contributed by atoms with Crippen molar-refractivity contribution in [3.8, 4) is 5.75 Å². The lowest BCUT2D eigenvalue weighted by molar-refractivity contribution is -0.108. The van der Waals surface area contributed by atoms with Crippen molar-refractivity contribution in [3.63, 3.8) is 0 Å². The highest BCUT2D eigenvalue weighted by Gasteiger charge is 2.18. The van der Waals surface area contributed by atoms with Gasteiger partial charge in [-0.3, -0.25) is 4.79 Å². The topological polar surface area (TPSA) is 164 Å². The number of aromatic nitrogens is 2. The molecule has 2 amide bonds. The Morgan fingerprint density at radius 2 is 1.85 bits per heavy atom. The number of amides is 2. The number of aldehydes is 1. The Bertz CT molecular complexity index is 1490. The molecule has 0 radical (unpaired) electrons. The van der Waals surface area contributed by atoms with Crippen LogP contribution in [0.3, 0.4) is 0 Å². The number of imidazole rings is 1. The SMILES string of the molecule is COc1cc(C(N)=O)cc2nc(Nc3cccc(C[C@H](N)C=O)c3)n(CCCNC(=O)OCc3ccccc3)c12. The van der Waals surface area contributed by atoms with E-state index in [-0.39, 0.29) is 12.2 Å². The summed E-state index contributed by atoms with van der Waals surface area (Å²) in [6, 6.07) is 19.5. The fourth-order valence-corrected chi connectivity index (χ4v) is 4.27. The number of alkyl carbamates (subject to hydrolysis) is 1. The molecule has 0 aliphatic carbocycles. The second kappa shape index (κ2) is 13.3. The van der Waals surface area contributed by atoms with Gasteiger partial charge in [-0.15, -0.1) is 0 Å². The standard InChI is InChI=1S/C29H32N6O5/c1-39-25-16-21(27(31)37)15-24-26(25)35(12-6-11-32-29(38)40-18-19-7-3-2-4-8-19)28(34-24)33-23-10-5-9-20(14-23)13-22(30)17-36/h2-5,7-10,14-17,22H,6,11-13,18,30H2,1H3,(H2,31,37)(H,32,38)(H,33,34)/t22-/m0/s1. The third-order valence-corrected chi connectivity index (χ3v) is 6.18. The molecule has 11 heteroatoms. The molecule has 0 saturated carbocycles. The molecule has 1 atom stereocenters. The van der Waals surface area contributed by atoms with Crippen molar-refractivity contribution in [1.29, 1.82) is 0 Å². The smallest absolute Gasteiger partial charge is 0.407 e. The van der Waals surface area contributed by atoms with E-state index in [0.29, 0.717) is 54.9 Å². The Morgan fingerprint density at radius 1 is 1.07 bits per heavy atom. The number of rotatable bonds is 13. The zero-order valence-electron chi connectivity index (χ0n) is 22.1. The van der Waals surface area contributed by atoms with Crippen molar-refractivity contribution in [3.05, 3.63) is 83.4 Å². The summed E-state index contributed by atoms with van der Waals surface area (Å²) in [6.45, 7) is 0.996. The number of anilines is 2. The van der Waals surface area contributed by atoms with Gasteiger partial charge in [-0.1, -0.05) is 42.5 Å². The number of ether oxygens (including phenoxy) is 2. The molecule has 1 heterocycles. The normalized spacial score (nSPS) is 11.6. The highest BCUT2D eigenvalue weighted by atomic mass is 16.5. The van der Waals surface area contributed by atoms with Crippen molar-refractivity contribution in [2.24, 2.45) is 11.5 Å². The number of nitrogens with zero attached hydrogens (tertiary/aromatic N) is 2. The Balaban J connectivity index is 1.53. The molecule has 3 aromatic carbocycles. The molecule has 40 heavy (non-hydrogen) atoms. The van der Waals surface area contributed by atoms with Gasteiger partial charge in [-0.05, 0) is 48.2 Å². The molecule has 0 bridgehead atoms. The van der Waals surface area contributed by atoms with Gasteiger partial charge < -0.3 is 40.9 Å². The van der Waals surface area contributed by atoms with Gasteiger partial charge in [0.15, 0.2) is 0 Å². The van der Waals surface area contributed by atoms with E-state index in [0.717, 1.165) is 16.8 Å². The van der Waals surface area contributed by atoms with E-state index in [2.05, 4.69) is 10.6 Å². The van der Waals surface area contributed by atoms with Gasteiger partial charge in [0, 0.05) is 24.3 Å². The van der Waals surface area contributed by atoms with Gasteiger partial charge in [0.05, 0.1) is 18.7 Å². The van der Waals surface area contributed by atoms with Crippen LogP contribution >= 0.6 is 0 Å². The first-order chi connectivity index (χ1) is 19.4. The number of nitrogens with two attached hydrogens (primary N) is 2. The summed E-state index contributed by atoms with van der Waals surface area (Å²) in [7, 11) is 1.51. The molecular weight excluding hydrogens is 512 g/mol. The number of fused-ring (bicyclic) bond motifs is 1. The van der Waals surface area contributed by atoms with E-state index in [1.165, 1.54) is 7.11 Å². The van der Waals surface area contributed by atoms with Gasteiger partial charge in [0.1, 0.15) is 24.2 Å². The third-order valence-electron chi connectivity index (χ3n) is 6.18. The minimum Gasteiger partial charge on any atom is -0.494 e. The molecule has 0 aliphatic rings. The second-order valence-corrected chi connectivity index (χ2v) is 9.17. The van der Waals surface area contributed by atoms with Crippen LogP contribution in [0.25, 0.3) is 11.0 Å². The molecule has 11 nitrogen and oxygen atoms in total. The number of aryl methyl sites for hydroxylation is 1. The van der Waals surface area contributed by atoms with Gasteiger partial charge in [-0.25, -0.2) is 9.78 Å². The van der Waals surface area contributed by atoms with Crippen LogP contribution in [0.2, 0.25) is 0 Å². The number of primary amides is 1. The van der Waals surface area contributed by atoms with Gasteiger partial charge in [0.25, 0.3) is 0 Å². The van der Waals surface area contributed by atoms with E-state index in [1.54, 1.807) is 12.1 Å². The van der Waals surface area contributed by atoms with Crippen LogP contribution in [0.5, 0.6) is 5.75 Å².